The lowest BCUT2D eigenvalue weighted by molar-refractivity contribution is 0.414. The van der Waals surface area contributed by atoms with E-state index in [9.17, 15) is 0 Å². The van der Waals surface area contributed by atoms with Crippen molar-refractivity contribution in [2.24, 2.45) is 0 Å². The molecule has 0 saturated heterocycles. The highest BCUT2D eigenvalue weighted by molar-refractivity contribution is 7.11. The molecule has 0 saturated carbocycles. The second kappa shape index (κ2) is 6.29. The average molecular weight is 279 g/mol. The summed E-state index contributed by atoms with van der Waals surface area (Å²) in [6.45, 7) is 0.783. The number of hydrogen-bond donors (Lipinski definition) is 2. The molecule has 2 rings (SSSR count). The molecule has 102 valence electrons. The molecule has 0 unspecified atom stereocenters. The zero-order chi connectivity index (χ0) is 13.7. The molecule has 1 heterocycles. The number of ether oxygens (including phenoxy) is 2. The Morgan fingerprint density at radius 1 is 1.32 bits per heavy atom. The summed E-state index contributed by atoms with van der Waals surface area (Å²) in [6, 6.07) is 8.02. The van der Waals surface area contributed by atoms with E-state index in [-0.39, 0.29) is 0 Å². The number of methoxy groups -OCH3 is 2. The third-order valence-electron chi connectivity index (χ3n) is 2.71. The molecule has 0 atom stereocenters. The fraction of sp³-hybridized carbons (Fsp3) is 0.308. The first kappa shape index (κ1) is 13.5. The van der Waals surface area contributed by atoms with Crippen molar-refractivity contribution in [3.05, 3.63) is 29.8 Å². The fourth-order valence-electron chi connectivity index (χ4n) is 1.75. The second-order valence-corrected chi connectivity index (χ2v) is 4.73. The number of nitrogens with zero attached hydrogens (tertiary/aromatic N) is 1. The van der Waals surface area contributed by atoms with E-state index in [0.29, 0.717) is 11.6 Å². The van der Waals surface area contributed by atoms with Gasteiger partial charge in [-0.1, -0.05) is 12.1 Å². The molecule has 0 spiro atoms. The van der Waals surface area contributed by atoms with Crippen LogP contribution in [0.15, 0.2) is 24.3 Å². The van der Waals surface area contributed by atoms with Crippen LogP contribution < -0.4 is 20.5 Å². The summed E-state index contributed by atoms with van der Waals surface area (Å²) in [7, 11) is 3.26. The van der Waals surface area contributed by atoms with Crippen molar-refractivity contribution in [2.75, 3.05) is 31.8 Å². The maximum atomic E-state index is 5.69. The van der Waals surface area contributed by atoms with Gasteiger partial charge in [0.05, 0.1) is 14.2 Å². The Bertz CT molecular complexity index is 542. The summed E-state index contributed by atoms with van der Waals surface area (Å²) < 4.78 is 14.4. The highest BCUT2D eigenvalue weighted by atomic mass is 32.1. The number of nitrogens with one attached hydrogen (secondary N) is 1. The molecule has 0 aliphatic heterocycles. The summed E-state index contributed by atoms with van der Waals surface area (Å²) in [5.41, 5.74) is 6.90. The molecule has 0 bridgehead atoms. The van der Waals surface area contributed by atoms with Crippen LogP contribution in [-0.2, 0) is 6.42 Å². The van der Waals surface area contributed by atoms with Crippen LogP contribution in [0, 0.1) is 0 Å². The van der Waals surface area contributed by atoms with Crippen LogP contribution in [0.3, 0.4) is 0 Å². The smallest absolute Gasteiger partial charge is 0.197 e. The first-order valence-corrected chi connectivity index (χ1v) is 6.68. The third kappa shape index (κ3) is 3.29. The highest BCUT2D eigenvalue weighted by Gasteiger charge is 2.10. The first-order chi connectivity index (χ1) is 9.24. The van der Waals surface area contributed by atoms with Crippen molar-refractivity contribution in [3.63, 3.8) is 0 Å². The Balaban J connectivity index is 1.92. The van der Waals surface area contributed by atoms with E-state index in [0.717, 1.165) is 23.7 Å². The van der Waals surface area contributed by atoms with Gasteiger partial charge in [0.1, 0.15) is 5.75 Å². The largest absolute Gasteiger partial charge is 0.497 e. The van der Waals surface area contributed by atoms with E-state index in [4.69, 9.17) is 15.2 Å². The molecule has 5 nitrogen and oxygen atoms in total. The summed E-state index contributed by atoms with van der Waals surface area (Å²) in [6.07, 6.45) is 0.887. The van der Waals surface area contributed by atoms with E-state index in [1.54, 1.807) is 14.2 Å². The molecule has 6 heteroatoms. The predicted molar refractivity (Wildman–Crippen MR) is 78.3 cm³/mol. The van der Waals surface area contributed by atoms with Gasteiger partial charge in [0.25, 0.3) is 0 Å². The maximum absolute atomic E-state index is 5.69. The van der Waals surface area contributed by atoms with Crippen LogP contribution in [0.2, 0.25) is 0 Å². The minimum Gasteiger partial charge on any atom is -0.497 e. The van der Waals surface area contributed by atoms with Crippen molar-refractivity contribution in [3.8, 4) is 11.5 Å². The van der Waals surface area contributed by atoms with Gasteiger partial charge >= 0.3 is 0 Å². The number of hydrogen-bond acceptors (Lipinski definition) is 6. The van der Waals surface area contributed by atoms with Crippen molar-refractivity contribution in [1.29, 1.82) is 0 Å². The molecule has 1 aromatic heterocycles. The van der Waals surface area contributed by atoms with Gasteiger partial charge in [0.2, 0.25) is 0 Å². The monoisotopic (exact) mass is 279 g/mol. The van der Waals surface area contributed by atoms with Crippen LogP contribution in [0.25, 0.3) is 0 Å². The van der Waals surface area contributed by atoms with Crippen LogP contribution in [0.4, 0.5) is 10.8 Å². The molecular weight excluding hydrogens is 262 g/mol. The number of benzene rings is 1. The Labute approximate surface area is 116 Å². The van der Waals surface area contributed by atoms with Gasteiger partial charge in [-0.3, -0.25) is 0 Å². The molecular formula is C13H17N3O2S. The first-order valence-electron chi connectivity index (χ1n) is 5.90. The number of aromatic nitrogens is 1. The lowest BCUT2D eigenvalue weighted by atomic mass is 10.1. The van der Waals surface area contributed by atoms with Gasteiger partial charge in [-0.05, 0) is 35.6 Å². The van der Waals surface area contributed by atoms with E-state index < -0.39 is 0 Å². The summed E-state index contributed by atoms with van der Waals surface area (Å²) in [5.74, 6) is 1.92. The Morgan fingerprint density at radius 2 is 2.16 bits per heavy atom. The van der Waals surface area contributed by atoms with Gasteiger partial charge < -0.3 is 20.5 Å². The normalized spacial score (nSPS) is 10.2. The summed E-state index contributed by atoms with van der Waals surface area (Å²) in [4.78, 5) is 0. The molecule has 1 aromatic carbocycles. The molecule has 0 fully saturated rings. The standard InChI is InChI=1S/C13H17N3O2S/c1-17-10-5-3-4-9(8-10)6-7-15-13-11(18-2)12(14)16-19-13/h3-5,8,15H,6-7H2,1-2H3,(H2,14,16). The molecule has 0 aliphatic carbocycles. The maximum Gasteiger partial charge on any atom is 0.197 e. The van der Waals surface area contributed by atoms with Gasteiger partial charge in [0, 0.05) is 6.54 Å². The topological polar surface area (TPSA) is 69.4 Å². The van der Waals surface area contributed by atoms with Gasteiger partial charge in [-0.15, -0.1) is 0 Å². The number of anilines is 2. The predicted octanol–water partition coefficient (Wildman–Crippen LogP) is 2.40. The van der Waals surface area contributed by atoms with E-state index in [1.165, 1.54) is 17.1 Å². The van der Waals surface area contributed by atoms with Gasteiger partial charge in [-0.25, -0.2) is 0 Å². The van der Waals surface area contributed by atoms with E-state index in [1.807, 2.05) is 18.2 Å². The quantitative estimate of drug-likeness (QED) is 0.849. The summed E-state index contributed by atoms with van der Waals surface area (Å²) in [5, 5.41) is 4.14. The van der Waals surface area contributed by atoms with E-state index >= 15 is 0 Å². The van der Waals surface area contributed by atoms with Crippen LogP contribution in [-0.4, -0.2) is 25.1 Å². The molecule has 3 N–H and O–H groups in total. The summed E-state index contributed by atoms with van der Waals surface area (Å²) >= 11 is 1.31. The lowest BCUT2D eigenvalue weighted by Gasteiger charge is -2.07. The lowest BCUT2D eigenvalue weighted by Crippen LogP contribution is -2.05. The fourth-order valence-corrected chi connectivity index (χ4v) is 2.46. The second-order valence-electron chi connectivity index (χ2n) is 3.96. The number of rotatable bonds is 6. The van der Waals surface area contributed by atoms with Gasteiger partial charge in [0.15, 0.2) is 16.6 Å². The minimum atomic E-state index is 0.427. The molecule has 0 amide bonds. The van der Waals surface area contributed by atoms with Crippen LogP contribution in [0.5, 0.6) is 11.5 Å². The molecule has 19 heavy (non-hydrogen) atoms. The number of nitrogen functional groups attached to an aromatic ring is 1. The number of nitrogens with two attached hydrogens (primary N) is 1. The van der Waals surface area contributed by atoms with Crippen molar-refractivity contribution < 1.29 is 9.47 Å². The van der Waals surface area contributed by atoms with Crippen LogP contribution in [0.1, 0.15) is 5.56 Å². The van der Waals surface area contributed by atoms with Crippen molar-refractivity contribution >= 4 is 22.4 Å². The Kier molecular flexibility index (Phi) is 4.46. The minimum absolute atomic E-state index is 0.427. The van der Waals surface area contributed by atoms with Crippen molar-refractivity contribution in [2.45, 2.75) is 6.42 Å². The average Bonchev–Trinajstić information content (AvgIpc) is 2.79. The Morgan fingerprint density at radius 3 is 2.89 bits per heavy atom. The molecule has 0 aliphatic rings. The highest BCUT2D eigenvalue weighted by Crippen LogP contribution is 2.34. The van der Waals surface area contributed by atoms with Gasteiger partial charge in [-0.2, -0.15) is 4.37 Å². The third-order valence-corrected chi connectivity index (χ3v) is 3.51. The van der Waals surface area contributed by atoms with Crippen LogP contribution >= 0.6 is 11.5 Å². The van der Waals surface area contributed by atoms with Crippen molar-refractivity contribution in [1.82, 2.24) is 4.37 Å². The Hall–Kier alpha value is -1.95. The van der Waals surface area contributed by atoms with E-state index in [2.05, 4.69) is 15.8 Å². The SMILES string of the molecule is COc1cccc(CCNc2snc(N)c2OC)c1. The zero-order valence-corrected chi connectivity index (χ0v) is 11.8. The molecule has 2 aromatic rings. The molecule has 0 radical (unpaired) electrons. The zero-order valence-electron chi connectivity index (χ0n) is 11.0.